The molecule has 6 nitrogen and oxygen atoms in total. The first-order valence-corrected chi connectivity index (χ1v) is 6.74. The molecule has 0 saturated heterocycles. The molecule has 0 radical (unpaired) electrons. The molecular formula is C16H14N4O2. The van der Waals surface area contributed by atoms with Gasteiger partial charge in [0.25, 0.3) is 5.91 Å². The van der Waals surface area contributed by atoms with Gasteiger partial charge in [-0.15, -0.1) is 0 Å². The number of hydrogen-bond donors (Lipinski definition) is 3. The van der Waals surface area contributed by atoms with Crippen molar-refractivity contribution in [1.82, 2.24) is 15.2 Å². The lowest BCUT2D eigenvalue weighted by molar-refractivity contribution is 0.102. The van der Waals surface area contributed by atoms with E-state index in [1.54, 1.807) is 19.2 Å². The Morgan fingerprint density at radius 3 is 2.82 bits per heavy atom. The molecule has 110 valence electrons. The van der Waals surface area contributed by atoms with Crippen LogP contribution < -0.4 is 10.9 Å². The summed E-state index contributed by atoms with van der Waals surface area (Å²) in [5.41, 5.74) is 3.31. The number of amides is 1. The summed E-state index contributed by atoms with van der Waals surface area (Å²) < 4.78 is 0. The van der Waals surface area contributed by atoms with Crippen LogP contribution >= 0.6 is 0 Å². The van der Waals surface area contributed by atoms with Crippen LogP contribution in [-0.2, 0) is 0 Å². The Balaban J connectivity index is 1.85. The van der Waals surface area contributed by atoms with E-state index >= 15 is 0 Å². The summed E-state index contributed by atoms with van der Waals surface area (Å²) in [7, 11) is 0. The van der Waals surface area contributed by atoms with E-state index < -0.39 is 0 Å². The van der Waals surface area contributed by atoms with E-state index in [-0.39, 0.29) is 11.5 Å². The van der Waals surface area contributed by atoms with Gasteiger partial charge >= 0.3 is 0 Å². The molecule has 0 spiro atoms. The molecule has 0 saturated carbocycles. The third kappa shape index (κ3) is 2.80. The molecule has 0 unspecified atom stereocenters. The van der Waals surface area contributed by atoms with Crippen LogP contribution in [0.2, 0.25) is 0 Å². The van der Waals surface area contributed by atoms with Crippen LogP contribution in [0.1, 0.15) is 15.9 Å². The molecule has 2 aromatic heterocycles. The minimum Gasteiger partial charge on any atom is -0.328 e. The molecule has 0 aliphatic rings. The molecule has 3 N–H and O–H groups in total. The first kappa shape index (κ1) is 13.8. The number of carbonyl (C=O) groups is 1. The van der Waals surface area contributed by atoms with Crippen LogP contribution in [0.4, 0.5) is 5.69 Å². The SMILES string of the molecule is Cc1cc(=O)[nH]cc1C(=O)Nc1cccc(-c2ccn[nH]2)c1. The van der Waals surface area contributed by atoms with Gasteiger partial charge in [-0.05, 0) is 30.7 Å². The molecule has 3 aromatic rings. The van der Waals surface area contributed by atoms with Gasteiger partial charge < -0.3 is 10.3 Å². The summed E-state index contributed by atoms with van der Waals surface area (Å²) in [6.45, 7) is 1.73. The number of anilines is 1. The third-order valence-corrected chi connectivity index (χ3v) is 3.31. The van der Waals surface area contributed by atoms with Crippen molar-refractivity contribution in [3.63, 3.8) is 0 Å². The number of hydrogen-bond acceptors (Lipinski definition) is 3. The fourth-order valence-corrected chi connectivity index (χ4v) is 2.20. The number of aromatic amines is 2. The van der Waals surface area contributed by atoms with E-state index in [0.717, 1.165) is 11.3 Å². The fourth-order valence-electron chi connectivity index (χ4n) is 2.20. The summed E-state index contributed by atoms with van der Waals surface area (Å²) in [4.78, 5) is 26.0. The second-order valence-corrected chi connectivity index (χ2v) is 4.90. The quantitative estimate of drug-likeness (QED) is 0.692. The van der Waals surface area contributed by atoms with Crippen LogP contribution in [0.25, 0.3) is 11.3 Å². The van der Waals surface area contributed by atoms with Gasteiger partial charge in [0.2, 0.25) is 5.56 Å². The smallest absolute Gasteiger partial charge is 0.257 e. The number of rotatable bonds is 3. The lowest BCUT2D eigenvalue weighted by Crippen LogP contribution is -2.16. The molecule has 0 aliphatic heterocycles. The van der Waals surface area contributed by atoms with E-state index in [4.69, 9.17) is 0 Å². The van der Waals surface area contributed by atoms with Gasteiger partial charge in [-0.2, -0.15) is 5.10 Å². The van der Waals surface area contributed by atoms with Crippen LogP contribution in [-0.4, -0.2) is 21.1 Å². The summed E-state index contributed by atoms with van der Waals surface area (Å²) in [6, 6.07) is 10.7. The van der Waals surface area contributed by atoms with Crippen LogP contribution in [0, 0.1) is 6.92 Å². The van der Waals surface area contributed by atoms with Crippen molar-refractivity contribution in [2.45, 2.75) is 6.92 Å². The maximum absolute atomic E-state index is 12.3. The Bertz CT molecular complexity index is 866. The molecule has 0 aliphatic carbocycles. The summed E-state index contributed by atoms with van der Waals surface area (Å²) in [6.07, 6.45) is 3.09. The van der Waals surface area contributed by atoms with E-state index in [9.17, 15) is 9.59 Å². The van der Waals surface area contributed by atoms with Crippen molar-refractivity contribution in [2.24, 2.45) is 0 Å². The molecule has 22 heavy (non-hydrogen) atoms. The minimum atomic E-state index is -0.268. The number of H-pyrrole nitrogens is 2. The van der Waals surface area contributed by atoms with Crippen molar-refractivity contribution < 1.29 is 4.79 Å². The summed E-state index contributed by atoms with van der Waals surface area (Å²) in [5.74, 6) is -0.268. The van der Waals surface area contributed by atoms with Crippen molar-refractivity contribution in [1.29, 1.82) is 0 Å². The lowest BCUT2D eigenvalue weighted by Gasteiger charge is -2.08. The summed E-state index contributed by atoms with van der Waals surface area (Å²) in [5, 5.41) is 9.61. The normalized spacial score (nSPS) is 10.4. The number of nitrogens with one attached hydrogen (secondary N) is 3. The number of pyridine rings is 1. The Kier molecular flexibility index (Phi) is 3.57. The highest BCUT2D eigenvalue weighted by molar-refractivity contribution is 6.05. The zero-order chi connectivity index (χ0) is 15.5. The standard InChI is InChI=1S/C16H14N4O2/c1-10-7-15(21)17-9-13(10)16(22)19-12-4-2-3-11(8-12)14-5-6-18-20-14/h2-9H,1H3,(H,17,21)(H,18,20)(H,19,22). The van der Waals surface area contributed by atoms with Gasteiger partial charge in [-0.3, -0.25) is 14.7 Å². The molecule has 0 fully saturated rings. The molecule has 0 atom stereocenters. The van der Waals surface area contributed by atoms with E-state index in [1.807, 2.05) is 24.3 Å². The number of carbonyl (C=O) groups excluding carboxylic acids is 1. The third-order valence-electron chi connectivity index (χ3n) is 3.31. The predicted molar refractivity (Wildman–Crippen MR) is 83.8 cm³/mol. The highest BCUT2D eigenvalue weighted by atomic mass is 16.1. The van der Waals surface area contributed by atoms with Gasteiger partial charge in [0.05, 0.1) is 11.3 Å². The Hall–Kier alpha value is -3.15. The molecule has 6 heteroatoms. The van der Waals surface area contributed by atoms with Gasteiger partial charge in [-0.25, -0.2) is 0 Å². The molecular weight excluding hydrogens is 280 g/mol. The average molecular weight is 294 g/mol. The first-order chi connectivity index (χ1) is 10.6. The Morgan fingerprint density at radius 1 is 1.23 bits per heavy atom. The molecule has 0 bridgehead atoms. The second kappa shape index (κ2) is 5.69. The van der Waals surface area contributed by atoms with Gasteiger partial charge in [0, 0.05) is 29.7 Å². The van der Waals surface area contributed by atoms with Gasteiger partial charge in [0.1, 0.15) is 0 Å². The van der Waals surface area contributed by atoms with Crippen molar-refractivity contribution in [2.75, 3.05) is 5.32 Å². The van der Waals surface area contributed by atoms with Crippen molar-refractivity contribution in [3.8, 4) is 11.3 Å². The molecule has 3 rings (SSSR count). The Labute approximate surface area is 126 Å². The molecule has 1 amide bonds. The van der Waals surface area contributed by atoms with Gasteiger partial charge in [0.15, 0.2) is 0 Å². The second-order valence-electron chi connectivity index (χ2n) is 4.90. The zero-order valence-electron chi connectivity index (χ0n) is 11.9. The van der Waals surface area contributed by atoms with Crippen molar-refractivity contribution in [3.05, 3.63) is 70.3 Å². The Morgan fingerprint density at radius 2 is 2.09 bits per heavy atom. The number of nitrogens with zero attached hydrogens (tertiary/aromatic N) is 1. The maximum atomic E-state index is 12.3. The monoisotopic (exact) mass is 294 g/mol. The summed E-state index contributed by atoms with van der Waals surface area (Å²) >= 11 is 0. The van der Waals surface area contributed by atoms with Crippen molar-refractivity contribution >= 4 is 11.6 Å². The van der Waals surface area contributed by atoms with E-state index in [0.29, 0.717) is 16.8 Å². The zero-order valence-corrected chi connectivity index (χ0v) is 11.9. The topological polar surface area (TPSA) is 90.6 Å². The van der Waals surface area contributed by atoms with Crippen LogP contribution in [0.5, 0.6) is 0 Å². The van der Waals surface area contributed by atoms with Crippen LogP contribution in [0.3, 0.4) is 0 Å². The maximum Gasteiger partial charge on any atom is 0.257 e. The number of benzene rings is 1. The van der Waals surface area contributed by atoms with E-state index in [1.165, 1.54) is 12.3 Å². The molecule has 1 aromatic carbocycles. The minimum absolute atomic E-state index is 0.227. The largest absolute Gasteiger partial charge is 0.328 e. The highest BCUT2D eigenvalue weighted by Crippen LogP contribution is 2.20. The predicted octanol–water partition coefficient (Wildman–Crippen LogP) is 2.33. The highest BCUT2D eigenvalue weighted by Gasteiger charge is 2.10. The number of aromatic nitrogens is 3. The van der Waals surface area contributed by atoms with E-state index in [2.05, 4.69) is 20.5 Å². The molecule has 2 heterocycles. The first-order valence-electron chi connectivity index (χ1n) is 6.74. The lowest BCUT2D eigenvalue weighted by atomic mass is 10.1. The van der Waals surface area contributed by atoms with Gasteiger partial charge in [-0.1, -0.05) is 12.1 Å². The number of aryl methyl sites for hydroxylation is 1. The fraction of sp³-hybridized carbons (Fsp3) is 0.0625. The van der Waals surface area contributed by atoms with Crippen LogP contribution in [0.15, 0.2) is 53.6 Å². The average Bonchev–Trinajstić information content (AvgIpc) is 3.01.